The Balaban J connectivity index is 1.05. The first-order valence-corrected chi connectivity index (χ1v) is 19.0. The first-order valence-electron chi connectivity index (χ1n) is 19.0. The standard InChI is InChI=1S/C52H30N4O2/c1-53-37-11-9-17-41(31-37)55(39-13-5-3-6-14-39)43-21-19-33-27-45-49(29-35(33)25-43)57-47-23-24-48-52(51(45)47)46-28-34-20-22-44(26-36(34)30-50(46)58-48)56(40-15-7-4-8-16-40)42-18-10-12-38(32-42)54-2/h3-32H. The third kappa shape index (κ3) is 5.40. The summed E-state index contributed by atoms with van der Waals surface area (Å²) in [6, 6.07) is 61.6. The molecule has 0 aliphatic rings. The van der Waals surface area contributed by atoms with Gasteiger partial charge in [-0.2, -0.15) is 0 Å². The van der Waals surface area contributed by atoms with Crippen LogP contribution in [0.4, 0.5) is 45.5 Å². The SMILES string of the molecule is [C-]#[N+]c1cccc(N(c2ccccc2)c2ccc3cc4c(cc3c2)oc2ccc3oc5cc6cc(N(c7ccccc7)c7cccc([N+]#[C-])c7)ccc6cc5c3c24)c1. The average molecular weight is 743 g/mol. The van der Waals surface area contributed by atoms with E-state index >= 15 is 0 Å². The number of hydrogen-bond donors (Lipinski definition) is 0. The second-order valence-corrected chi connectivity index (χ2v) is 14.4. The molecule has 0 aliphatic carbocycles. The lowest BCUT2D eigenvalue weighted by Crippen LogP contribution is -2.09. The van der Waals surface area contributed by atoms with Crippen LogP contribution in [0.1, 0.15) is 0 Å². The van der Waals surface area contributed by atoms with Crippen LogP contribution in [0.5, 0.6) is 0 Å². The second-order valence-electron chi connectivity index (χ2n) is 14.4. The Morgan fingerprint density at radius 3 is 1.17 bits per heavy atom. The summed E-state index contributed by atoms with van der Waals surface area (Å²) < 4.78 is 13.2. The second kappa shape index (κ2) is 13.2. The predicted octanol–water partition coefficient (Wildman–Crippen LogP) is 15.8. The molecular weight excluding hydrogens is 713 g/mol. The van der Waals surface area contributed by atoms with Gasteiger partial charge in [0.2, 0.25) is 0 Å². The maximum Gasteiger partial charge on any atom is 0.189 e. The van der Waals surface area contributed by atoms with Crippen molar-refractivity contribution in [3.05, 3.63) is 205 Å². The van der Waals surface area contributed by atoms with Crippen molar-refractivity contribution in [2.75, 3.05) is 9.80 Å². The van der Waals surface area contributed by atoms with Gasteiger partial charge in [-0.3, -0.25) is 0 Å². The molecule has 0 N–H and O–H groups in total. The number of fused-ring (bicyclic) bond motifs is 9. The van der Waals surface area contributed by atoms with Crippen LogP contribution in [0.15, 0.2) is 191 Å². The number of anilines is 6. The van der Waals surface area contributed by atoms with Crippen LogP contribution in [0.2, 0.25) is 0 Å². The minimum absolute atomic E-state index is 0.591. The minimum atomic E-state index is 0.591. The van der Waals surface area contributed by atoms with E-state index < -0.39 is 0 Å². The molecule has 6 heteroatoms. The minimum Gasteiger partial charge on any atom is -0.456 e. The normalized spacial score (nSPS) is 11.4. The monoisotopic (exact) mass is 742 g/mol. The lowest BCUT2D eigenvalue weighted by atomic mass is 10.0. The van der Waals surface area contributed by atoms with E-state index in [1.807, 2.05) is 97.1 Å². The number of hydrogen-bond acceptors (Lipinski definition) is 4. The summed E-state index contributed by atoms with van der Waals surface area (Å²) in [5, 5.41) is 8.41. The van der Waals surface area contributed by atoms with E-state index in [1.165, 1.54) is 0 Å². The van der Waals surface area contributed by atoms with Crippen LogP contribution in [-0.2, 0) is 0 Å². The van der Waals surface area contributed by atoms with Gasteiger partial charge in [0.15, 0.2) is 11.4 Å². The van der Waals surface area contributed by atoms with Crippen molar-refractivity contribution in [2.24, 2.45) is 0 Å². The van der Waals surface area contributed by atoms with Gasteiger partial charge in [0.05, 0.1) is 13.1 Å². The first kappa shape index (κ1) is 33.1. The van der Waals surface area contributed by atoms with Gasteiger partial charge < -0.3 is 18.6 Å². The van der Waals surface area contributed by atoms with Gasteiger partial charge in [-0.15, -0.1) is 0 Å². The van der Waals surface area contributed by atoms with E-state index in [4.69, 9.17) is 22.0 Å². The van der Waals surface area contributed by atoms with E-state index in [0.717, 1.165) is 99.5 Å². The van der Waals surface area contributed by atoms with Gasteiger partial charge in [-0.05, 0) is 131 Å². The molecule has 0 spiro atoms. The molecule has 0 aliphatic heterocycles. The fourth-order valence-electron chi connectivity index (χ4n) is 8.32. The summed E-state index contributed by atoms with van der Waals surface area (Å²) in [4.78, 5) is 11.7. The van der Waals surface area contributed by atoms with Crippen LogP contribution in [0, 0.1) is 13.1 Å². The summed E-state index contributed by atoms with van der Waals surface area (Å²) in [7, 11) is 0. The highest BCUT2D eigenvalue weighted by Crippen LogP contribution is 2.45. The number of para-hydroxylation sites is 2. The molecule has 0 amide bonds. The molecule has 11 rings (SSSR count). The number of benzene rings is 9. The quantitative estimate of drug-likeness (QED) is 0.159. The van der Waals surface area contributed by atoms with E-state index in [2.05, 4.69) is 104 Å². The third-order valence-corrected chi connectivity index (χ3v) is 10.9. The highest BCUT2D eigenvalue weighted by molar-refractivity contribution is 6.27. The summed E-state index contributed by atoms with van der Waals surface area (Å²) in [5.41, 5.74) is 10.2. The van der Waals surface area contributed by atoms with Crippen molar-refractivity contribution in [3.63, 3.8) is 0 Å². The molecule has 11 aromatic rings. The molecule has 9 aromatic carbocycles. The third-order valence-electron chi connectivity index (χ3n) is 10.9. The Bertz CT molecular complexity index is 3270. The number of rotatable bonds is 6. The van der Waals surface area contributed by atoms with E-state index in [9.17, 15) is 0 Å². The molecule has 2 heterocycles. The van der Waals surface area contributed by atoms with Gasteiger partial charge in [0, 0.05) is 55.7 Å². The van der Waals surface area contributed by atoms with Crippen molar-refractivity contribution in [2.45, 2.75) is 0 Å². The Hall–Kier alpha value is -8.32. The van der Waals surface area contributed by atoms with Crippen molar-refractivity contribution >= 4 is 111 Å². The zero-order chi connectivity index (χ0) is 38.7. The van der Waals surface area contributed by atoms with Crippen LogP contribution in [-0.4, -0.2) is 0 Å². The lowest BCUT2D eigenvalue weighted by Gasteiger charge is -2.26. The number of nitrogens with zero attached hydrogens (tertiary/aromatic N) is 4. The van der Waals surface area contributed by atoms with Gasteiger partial charge >= 0.3 is 0 Å². The largest absolute Gasteiger partial charge is 0.456 e. The molecule has 0 bridgehead atoms. The van der Waals surface area contributed by atoms with E-state index in [0.29, 0.717) is 11.4 Å². The molecule has 58 heavy (non-hydrogen) atoms. The molecule has 0 atom stereocenters. The Labute approximate surface area is 333 Å². The highest BCUT2D eigenvalue weighted by Gasteiger charge is 2.20. The van der Waals surface area contributed by atoms with Crippen LogP contribution in [0.3, 0.4) is 0 Å². The maximum atomic E-state index is 7.61. The summed E-state index contributed by atoms with van der Waals surface area (Å²) in [6.45, 7) is 15.2. The van der Waals surface area contributed by atoms with Crippen LogP contribution in [0.25, 0.3) is 75.1 Å². The zero-order valence-corrected chi connectivity index (χ0v) is 30.9. The molecule has 6 nitrogen and oxygen atoms in total. The summed E-state index contributed by atoms with van der Waals surface area (Å²) in [5.74, 6) is 0. The Morgan fingerprint density at radius 2 is 0.741 bits per heavy atom. The van der Waals surface area contributed by atoms with Gasteiger partial charge in [-0.25, -0.2) is 9.69 Å². The zero-order valence-electron chi connectivity index (χ0n) is 30.9. The first-order chi connectivity index (χ1) is 28.6. The van der Waals surface area contributed by atoms with E-state index in [1.54, 1.807) is 0 Å². The molecule has 0 unspecified atom stereocenters. The van der Waals surface area contributed by atoms with Crippen molar-refractivity contribution in [3.8, 4) is 0 Å². The highest BCUT2D eigenvalue weighted by atomic mass is 16.3. The molecule has 2 aromatic heterocycles. The predicted molar refractivity (Wildman–Crippen MR) is 238 cm³/mol. The van der Waals surface area contributed by atoms with Crippen molar-refractivity contribution < 1.29 is 8.83 Å². The van der Waals surface area contributed by atoms with Gasteiger partial charge in [0.1, 0.15) is 22.3 Å². The van der Waals surface area contributed by atoms with Gasteiger partial charge in [0.25, 0.3) is 0 Å². The van der Waals surface area contributed by atoms with Crippen molar-refractivity contribution in [1.29, 1.82) is 0 Å². The molecule has 270 valence electrons. The van der Waals surface area contributed by atoms with Crippen molar-refractivity contribution in [1.82, 2.24) is 0 Å². The lowest BCUT2D eigenvalue weighted by molar-refractivity contribution is 0.663. The molecule has 0 radical (unpaired) electrons. The summed E-state index contributed by atoms with van der Waals surface area (Å²) in [6.07, 6.45) is 0. The molecule has 0 saturated heterocycles. The van der Waals surface area contributed by atoms with Crippen LogP contribution >= 0.6 is 0 Å². The smallest absolute Gasteiger partial charge is 0.189 e. The number of furan rings is 2. The Morgan fingerprint density at radius 1 is 0.328 bits per heavy atom. The topological polar surface area (TPSA) is 41.5 Å². The fraction of sp³-hybridized carbons (Fsp3) is 0. The molecular formula is C52H30N4O2. The van der Waals surface area contributed by atoms with Gasteiger partial charge in [-0.1, -0.05) is 72.8 Å². The molecule has 0 fully saturated rings. The average Bonchev–Trinajstić information content (AvgIpc) is 3.82. The summed E-state index contributed by atoms with van der Waals surface area (Å²) >= 11 is 0. The van der Waals surface area contributed by atoms with E-state index in [-0.39, 0.29) is 0 Å². The maximum absolute atomic E-state index is 7.61. The Kier molecular flexibility index (Phi) is 7.50. The van der Waals surface area contributed by atoms with Crippen LogP contribution < -0.4 is 9.80 Å². The fourth-order valence-corrected chi connectivity index (χ4v) is 8.32. The molecule has 0 saturated carbocycles.